The van der Waals surface area contributed by atoms with Gasteiger partial charge in [0, 0.05) is 31.2 Å². The molecule has 0 aliphatic carbocycles. The molecule has 3 N–H and O–H groups in total. The Hall–Kier alpha value is -1.95. The number of carboxylic acid groups (broad SMARTS) is 1. The lowest BCUT2D eigenvalue weighted by molar-refractivity contribution is -0.138. The van der Waals surface area contributed by atoms with E-state index in [-0.39, 0.29) is 6.42 Å². The molecule has 0 fully saturated rings. The van der Waals surface area contributed by atoms with E-state index < -0.39 is 12.0 Å². The van der Waals surface area contributed by atoms with Crippen molar-refractivity contribution < 1.29 is 9.90 Å². The van der Waals surface area contributed by atoms with Gasteiger partial charge in [0.1, 0.15) is 6.04 Å². The van der Waals surface area contributed by atoms with Gasteiger partial charge in [0.15, 0.2) is 0 Å². The second-order valence-corrected chi connectivity index (χ2v) is 3.25. The Labute approximate surface area is 85.4 Å². The zero-order chi connectivity index (χ0) is 10.8. The van der Waals surface area contributed by atoms with Crippen molar-refractivity contribution in [3.63, 3.8) is 0 Å². The van der Waals surface area contributed by atoms with Gasteiger partial charge in [-0.3, -0.25) is 9.20 Å². The van der Waals surface area contributed by atoms with Crippen LogP contribution in [0.4, 0.5) is 0 Å². The number of rotatable bonds is 3. The molecule has 1 atom stereocenters. The highest BCUT2D eigenvalue weighted by Crippen LogP contribution is 2.03. The van der Waals surface area contributed by atoms with Gasteiger partial charge < -0.3 is 10.8 Å². The summed E-state index contributed by atoms with van der Waals surface area (Å²) in [5.74, 6) is -0.427. The number of aromatic nitrogens is 3. The van der Waals surface area contributed by atoms with Crippen molar-refractivity contribution >= 4 is 11.7 Å². The minimum Gasteiger partial charge on any atom is -0.480 e. The topological polar surface area (TPSA) is 93.5 Å². The number of hydrogen-bond donors (Lipinski definition) is 2. The van der Waals surface area contributed by atoms with Crippen LogP contribution < -0.4 is 5.73 Å². The van der Waals surface area contributed by atoms with Crippen LogP contribution in [0.15, 0.2) is 24.8 Å². The van der Waals surface area contributed by atoms with Crippen LogP contribution in [0, 0.1) is 0 Å². The second-order valence-electron chi connectivity index (χ2n) is 3.25. The van der Waals surface area contributed by atoms with Gasteiger partial charge in [0.2, 0.25) is 5.78 Å². The summed E-state index contributed by atoms with van der Waals surface area (Å²) in [6.45, 7) is 0. The Kier molecular flexibility index (Phi) is 2.34. The molecule has 0 radical (unpaired) electrons. The molecule has 0 aliphatic heterocycles. The predicted octanol–water partition coefficient (Wildman–Crippen LogP) is -0.316. The summed E-state index contributed by atoms with van der Waals surface area (Å²) in [5, 5.41) is 8.65. The van der Waals surface area contributed by atoms with Gasteiger partial charge in [-0.05, 0) is 5.56 Å². The van der Waals surface area contributed by atoms with Crippen LogP contribution in [0.5, 0.6) is 0 Å². The molecule has 1 unspecified atom stereocenters. The lowest BCUT2D eigenvalue weighted by Gasteiger charge is -2.05. The predicted molar refractivity (Wildman–Crippen MR) is 52.3 cm³/mol. The molecule has 2 aromatic rings. The van der Waals surface area contributed by atoms with Crippen LogP contribution in [0.3, 0.4) is 0 Å². The Morgan fingerprint density at radius 2 is 2.40 bits per heavy atom. The van der Waals surface area contributed by atoms with Crippen LogP contribution in [0.25, 0.3) is 5.78 Å². The van der Waals surface area contributed by atoms with Gasteiger partial charge in [-0.1, -0.05) is 0 Å². The van der Waals surface area contributed by atoms with Gasteiger partial charge >= 0.3 is 5.97 Å². The highest BCUT2D eigenvalue weighted by atomic mass is 16.4. The average Bonchev–Trinajstić information content (AvgIpc) is 2.64. The maximum atomic E-state index is 10.6. The number of carboxylic acids is 1. The fourth-order valence-electron chi connectivity index (χ4n) is 1.31. The zero-order valence-corrected chi connectivity index (χ0v) is 7.87. The smallest absolute Gasteiger partial charge is 0.320 e. The van der Waals surface area contributed by atoms with E-state index in [4.69, 9.17) is 10.8 Å². The molecule has 0 amide bonds. The maximum Gasteiger partial charge on any atom is 0.320 e. The molecule has 0 aromatic carbocycles. The van der Waals surface area contributed by atoms with Crippen molar-refractivity contribution in [3.8, 4) is 0 Å². The van der Waals surface area contributed by atoms with E-state index in [0.29, 0.717) is 5.78 Å². The quantitative estimate of drug-likeness (QED) is 0.718. The van der Waals surface area contributed by atoms with E-state index in [1.54, 1.807) is 29.2 Å². The molecule has 0 aliphatic rings. The van der Waals surface area contributed by atoms with Crippen LogP contribution in [0.2, 0.25) is 0 Å². The first-order valence-electron chi connectivity index (χ1n) is 4.43. The van der Waals surface area contributed by atoms with E-state index in [1.165, 1.54) is 0 Å². The Bertz CT molecular complexity index is 494. The highest BCUT2D eigenvalue weighted by Gasteiger charge is 2.12. The summed E-state index contributed by atoms with van der Waals surface area (Å²) >= 11 is 0. The molecule has 15 heavy (non-hydrogen) atoms. The number of aliphatic carboxylic acids is 1. The van der Waals surface area contributed by atoms with Gasteiger partial charge in [0.25, 0.3) is 0 Å². The monoisotopic (exact) mass is 206 g/mol. The molecule has 6 heteroatoms. The number of carbonyl (C=O) groups is 1. The van der Waals surface area contributed by atoms with Crippen molar-refractivity contribution in [1.82, 2.24) is 14.4 Å². The minimum absolute atomic E-state index is 0.260. The van der Waals surface area contributed by atoms with Gasteiger partial charge in [0.05, 0.1) is 0 Å². The van der Waals surface area contributed by atoms with E-state index in [9.17, 15) is 4.79 Å². The first-order valence-corrected chi connectivity index (χ1v) is 4.43. The molecule has 2 rings (SSSR count). The third-order valence-electron chi connectivity index (χ3n) is 2.07. The molecule has 78 valence electrons. The van der Waals surface area contributed by atoms with Crippen molar-refractivity contribution in [1.29, 1.82) is 0 Å². The number of fused-ring (bicyclic) bond motifs is 1. The number of hydrogen-bond acceptors (Lipinski definition) is 4. The first kappa shape index (κ1) is 9.60. The van der Waals surface area contributed by atoms with E-state index >= 15 is 0 Å². The van der Waals surface area contributed by atoms with Crippen molar-refractivity contribution in [2.24, 2.45) is 5.73 Å². The van der Waals surface area contributed by atoms with E-state index in [0.717, 1.165) is 5.56 Å². The fourth-order valence-corrected chi connectivity index (χ4v) is 1.31. The molecule has 6 nitrogen and oxygen atoms in total. The van der Waals surface area contributed by atoms with Crippen LogP contribution >= 0.6 is 0 Å². The number of nitrogens with zero attached hydrogens (tertiary/aromatic N) is 3. The lowest BCUT2D eigenvalue weighted by atomic mass is 10.1. The van der Waals surface area contributed by atoms with Gasteiger partial charge in [-0.15, -0.1) is 0 Å². The van der Waals surface area contributed by atoms with E-state index in [1.807, 2.05) is 0 Å². The summed E-state index contributed by atoms with van der Waals surface area (Å²) < 4.78 is 1.73. The Morgan fingerprint density at radius 3 is 3.13 bits per heavy atom. The van der Waals surface area contributed by atoms with Crippen LogP contribution in [0.1, 0.15) is 5.56 Å². The summed E-state index contributed by atoms with van der Waals surface area (Å²) in [6.07, 6.45) is 7.00. The molecule has 0 spiro atoms. The standard InChI is InChI=1S/C9H10N4O2/c10-7(8(14)15)3-6-4-12-9-11-1-2-13(9)5-6/h1-2,4-5,7H,3,10H2,(H,14,15). The third-order valence-corrected chi connectivity index (χ3v) is 2.07. The largest absolute Gasteiger partial charge is 0.480 e. The third kappa shape index (κ3) is 1.94. The Morgan fingerprint density at radius 1 is 1.60 bits per heavy atom. The van der Waals surface area contributed by atoms with Crippen LogP contribution in [-0.4, -0.2) is 31.5 Å². The van der Waals surface area contributed by atoms with Crippen molar-refractivity contribution in [2.75, 3.05) is 0 Å². The summed E-state index contributed by atoms with van der Waals surface area (Å²) in [5.41, 5.74) is 6.19. The molecule has 0 saturated carbocycles. The van der Waals surface area contributed by atoms with Crippen molar-refractivity contribution in [3.05, 3.63) is 30.4 Å². The second kappa shape index (κ2) is 3.66. The highest BCUT2D eigenvalue weighted by molar-refractivity contribution is 5.73. The summed E-state index contributed by atoms with van der Waals surface area (Å²) in [6, 6.07) is -0.896. The van der Waals surface area contributed by atoms with E-state index in [2.05, 4.69) is 9.97 Å². The molecule has 0 saturated heterocycles. The summed E-state index contributed by atoms with van der Waals surface area (Å²) in [4.78, 5) is 18.6. The molecular formula is C9H10N4O2. The lowest BCUT2D eigenvalue weighted by Crippen LogP contribution is -2.32. The molecule has 2 heterocycles. The number of imidazole rings is 1. The molecular weight excluding hydrogens is 196 g/mol. The summed E-state index contributed by atoms with van der Waals surface area (Å²) in [7, 11) is 0. The van der Waals surface area contributed by atoms with Crippen molar-refractivity contribution in [2.45, 2.75) is 12.5 Å². The zero-order valence-electron chi connectivity index (χ0n) is 7.87. The van der Waals surface area contributed by atoms with Gasteiger partial charge in [-0.25, -0.2) is 9.97 Å². The normalized spacial score (nSPS) is 12.9. The Balaban J connectivity index is 2.24. The average molecular weight is 206 g/mol. The maximum absolute atomic E-state index is 10.6. The molecule has 2 aromatic heterocycles. The van der Waals surface area contributed by atoms with Crippen LogP contribution in [-0.2, 0) is 11.2 Å². The number of nitrogens with two attached hydrogens (primary N) is 1. The minimum atomic E-state index is -1.01. The molecule has 0 bridgehead atoms. The fraction of sp³-hybridized carbons (Fsp3) is 0.222. The van der Waals surface area contributed by atoms with Gasteiger partial charge in [-0.2, -0.15) is 0 Å². The first-order chi connectivity index (χ1) is 7.16. The SMILES string of the molecule is NC(Cc1cnc2nccn2c1)C(=O)O.